The van der Waals surface area contributed by atoms with Crippen molar-refractivity contribution in [2.24, 2.45) is 0 Å². The fourth-order valence-electron chi connectivity index (χ4n) is 4.41. The van der Waals surface area contributed by atoms with E-state index in [0.29, 0.717) is 0 Å². The molecule has 0 saturated carbocycles. The minimum atomic E-state index is 1.03. The summed E-state index contributed by atoms with van der Waals surface area (Å²) in [6.45, 7) is 17.3. The summed E-state index contributed by atoms with van der Waals surface area (Å²) in [5, 5.41) is 0. The standard InChI is InChI=1S/C32H39BrN2/c1-7-34(8-2)30-19-13-26(14-20-30)11-17-28-23-29(25(6)32(33)24(28)5)18-12-27-15-21-31(22-16-27)35(9-3)10-4/h11-23H,7-10H2,1-6H3/b17-11+,18-12+. The summed E-state index contributed by atoms with van der Waals surface area (Å²) in [6, 6.07) is 19.9. The Morgan fingerprint density at radius 1 is 0.571 bits per heavy atom. The Labute approximate surface area is 221 Å². The summed E-state index contributed by atoms with van der Waals surface area (Å²) >= 11 is 3.84. The Morgan fingerprint density at radius 2 is 0.914 bits per heavy atom. The van der Waals surface area contributed by atoms with E-state index in [1.807, 2.05) is 0 Å². The van der Waals surface area contributed by atoms with E-state index in [0.717, 1.165) is 26.2 Å². The van der Waals surface area contributed by atoms with Crippen molar-refractivity contribution in [2.75, 3.05) is 36.0 Å². The number of rotatable bonds is 10. The molecule has 0 heterocycles. The lowest BCUT2D eigenvalue weighted by Gasteiger charge is -2.20. The van der Waals surface area contributed by atoms with Gasteiger partial charge in [-0.15, -0.1) is 0 Å². The van der Waals surface area contributed by atoms with Gasteiger partial charge in [-0.1, -0.05) is 64.5 Å². The zero-order chi connectivity index (χ0) is 25.4. The molecule has 0 aliphatic rings. The normalized spacial score (nSPS) is 11.5. The predicted octanol–water partition coefficient (Wildman–Crippen LogP) is 9.10. The van der Waals surface area contributed by atoms with Crippen LogP contribution in [-0.4, -0.2) is 26.2 Å². The molecule has 3 heteroatoms. The van der Waals surface area contributed by atoms with E-state index in [9.17, 15) is 0 Å². The van der Waals surface area contributed by atoms with Gasteiger partial charge in [-0.05, 0) is 105 Å². The molecule has 0 aromatic heterocycles. The highest BCUT2D eigenvalue weighted by Crippen LogP contribution is 2.30. The summed E-state index contributed by atoms with van der Waals surface area (Å²) in [5.41, 5.74) is 9.96. The lowest BCUT2D eigenvalue weighted by atomic mass is 9.98. The van der Waals surface area contributed by atoms with Crippen molar-refractivity contribution in [1.82, 2.24) is 0 Å². The molecule has 3 aromatic rings. The van der Waals surface area contributed by atoms with Gasteiger partial charge < -0.3 is 9.80 Å². The molecule has 184 valence electrons. The second kappa shape index (κ2) is 12.8. The molecule has 0 bridgehead atoms. The summed E-state index contributed by atoms with van der Waals surface area (Å²) in [6.07, 6.45) is 8.86. The van der Waals surface area contributed by atoms with Crippen molar-refractivity contribution in [2.45, 2.75) is 41.5 Å². The van der Waals surface area contributed by atoms with Crippen molar-refractivity contribution >= 4 is 51.6 Å². The molecular formula is C32H39BrN2. The van der Waals surface area contributed by atoms with Crippen LogP contribution in [0.3, 0.4) is 0 Å². The number of anilines is 2. The first-order chi connectivity index (χ1) is 16.9. The zero-order valence-corrected chi connectivity index (χ0v) is 23.7. The average Bonchev–Trinajstić information content (AvgIpc) is 2.89. The first-order valence-electron chi connectivity index (χ1n) is 12.8. The van der Waals surface area contributed by atoms with Crippen LogP contribution in [0.15, 0.2) is 59.1 Å². The lowest BCUT2D eigenvalue weighted by molar-refractivity contribution is 0.866. The molecule has 35 heavy (non-hydrogen) atoms. The number of benzene rings is 3. The molecule has 3 rings (SSSR count). The molecule has 0 atom stereocenters. The average molecular weight is 532 g/mol. The van der Waals surface area contributed by atoms with Crippen LogP contribution in [0.25, 0.3) is 24.3 Å². The third kappa shape index (κ3) is 6.67. The molecule has 0 spiro atoms. The van der Waals surface area contributed by atoms with E-state index < -0.39 is 0 Å². The van der Waals surface area contributed by atoms with E-state index in [1.165, 1.54) is 49.2 Å². The number of nitrogens with zero attached hydrogens (tertiary/aromatic N) is 2. The minimum Gasteiger partial charge on any atom is -0.372 e. The van der Waals surface area contributed by atoms with Gasteiger partial charge in [0, 0.05) is 42.0 Å². The third-order valence-electron chi connectivity index (χ3n) is 6.79. The van der Waals surface area contributed by atoms with Crippen LogP contribution >= 0.6 is 15.9 Å². The van der Waals surface area contributed by atoms with E-state index >= 15 is 0 Å². The van der Waals surface area contributed by atoms with E-state index in [2.05, 4.69) is 146 Å². The Bertz CT molecular complexity index is 1060. The maximum atomic E-state index is 3.84. The second-order valence-electron chi connectivity index (χ2n) is 8.81. The largest absolute Gasteiger partial charge is 0.372 e. The van der Waals surface area contributed by atoms with E-state index in [4.69, 9.17) is 0 Å². The predicted molar refractivity (Wildman–Crippen MR) is 161 cm³/mol. The van der Waals surface area contributed by atoms with Gasteiger partial charge in [0.2, 0.25) is 0 Å². The quantitative estimate of drug-likeness (QED) is 0.241. The van der Waals surface area contributed by atoms with Gasteiger partial charge >= 0.3 is 0 Å². The fourth-order valence-corrected chi connectivity index (χ4v) is 4.86. The Kier molecular flexibility index (Phi) is 9.80. The summed E-state index contributed by atoms with van der Waals surface area (Å²) in [4.78, 5) is 4.73. The van der Waals surface area contributed by atoms with Gasteiger partial charge in [0.15, 0.2) is 0 Å². The van der Waals surface area contributed by atoms with Gasteiger partial charge in [0.25, 0.3) is 0 Å². The van der Waals surface area contributed by atoms with Gasteiger partial charge in [0.1, 0.15) is 0 Å². The fraction of sp³-hybridized carbons (Fsp3) is 0.312. The Balaban J connectivity index is 1.83. The lowest BCUT2D eigenvalue weighted by Crippen LogP contribution is -2.21. The van der Waals surface area contributed by atoms with E-state index in [-0.39, 0.29) is 0 Å². The highest BCUT2D eigenvalue weighted by atomic mass is 79.9. The smallest absolute Gasteiger partial charge is 0.0366 e. The highest BCUT2D eigenvalue weighted by molar-refractivity contribution is 9.10. The van der Waals surface area contributed by atoms with Gasteiger partial charge in [-0.25, -0.2) is 0 Å². The van der Waals surface area contributed by atoms with Crippen molar-refractivity contribution in [1.29, 1.82) is 0 Å². The molecule has 0 saturated heterocycles. The molecule has 0 aliphatic carbocycles. The zero-order valence-electron chi connectivity index (χ0n) is 22.1. The molecule has 0 N–H and O–H groups in total. The monoisotopic (exact) mass is 530 g/mol. The Morgan fingerprint density at radius 3 is 1.23 bits per heavy atom. The van der Waals surface area contributed by atoms with Crippen LogP contribution in [0.4, 0.5) is 11.4 Å². The number of hydrogen-bond acceptors (Lipinski definition) is 2. The number of hydrogen-bond donors (Lipinski definition) is 0. The first-order valence-corrected chi connectivity index (χ1v) is 13.6. The van der Waals surface area contributed by atoms with Crippen LogP contribution in [0.5, 0.6) is 0 Å². The number of halogens is 1. The van der Waals surface area contributed by atoms with Gasteiger partial charge in [0.05, 0.1) is 0 Å². The van der Waals surface area contributed by atoms with Crippen molar-refractivity contribution in [3.63, 3.8) is 0 Å². The maximum Gasteiger partial charge on any atom is 0.0366 e. The highest BCUT2D eigenvalue weighted by Gasteiger charge is 2.08. The summed E-state index contributed by atoms with van der Waals surface area (Å²) < 4.78 is 1.17. The third-order valence-corrected chi connectivity index (χ3v) is 7.98. The van der Waals surface area contributed by atoms with Crippen LogP contribution in [-0.2, 0) is 0 Å². The summed E-state index contributed by atoms with van der Waals surface area (Å²) in [7, 11) is 0. The molecule has 0 amide bonds. The van der Waals surface area contributed by atoms with Gasteiger partial charge in [-0.2, -0.15) is 0 Å². The second-order valence-corrected chi connectivity index (χ2v) is 9.61. The maximum absolute atomic E-state index is 3.84. The van der Waals surface area contributed by atoms with Crippen molar-refractivity contribution < 1.29 is 0 Å². The van der Waals surface area contributed by atoms with Crippen molar-refractivity contribution in [3.05, 3.63) is 92.5 Å². The molecular weight excluding hydrogens is 492 g/mol. The van der Waals surface area contributed by atoms with Crippen LogP contribution in [0.2, 0.25) is 0 Å². The molecule has 3 aromatic carbocycles. The topological polar surface area (TPSA) is 6.48 Å². The van der Waals surface area contributed by atoms with Crippen LogP contribution < -0.4 is 9.80 Å². The molecule has 0 fully saturated rings. The SMILES string of the molecule is CCN(CC)c1ccc(/C=C/c2cc(/C=C/c3ccc(N(CC)CC)cc3)c(C)c(Br)c2C)cc1. The molecule has 0 radical (unpaired) electrons. The molecule has 2 nitrogen and oxygen atoms in total. The van der Waals surface area contributed by atoms with Crippen LogP contribution in [0, 0.1) is 13.8 Å². The first kappa shape index (κ1) is 26.8. The molecule has 0 unspecified atom stereocenters. The summed E-state index contributed by atoms with van der Waals surface area (Å²) in [5.74, 6) is 0. The van der Waals surface area contributed by atoms with Crippen LogP contribution in [0.1, 0.15) is 61.1 Å². The molecule has 0 aliphatic heterocycles. The van der Waals surface area contributed by atoms with Gasteiger partial charge in [-0.3, -0.25) is 0 Å². The minimum absolute atomic E-state index is 1.03. The van der Waals surface area contributed by atoms with E-state index in [1.54, 1.807) is 0 Å². The Hall–Kier alpha value is -2.78. The van der Waals surface area contributed by atoms with Crippen molar-refractivity contribution in [3.8, 4) is 0 Å².